The summed E-state index contributed by atoms with van der Waals surface area (Å²) in [6, 6.07) is 0. The molecule has 0 bridgehead atoms. The van der Waals surface area contributed by atoms with Gasteiger partial charge in [0, 0.05) is 6.42 Å². The first-order chi connectivity index (χ1) is 10.6. The van der Waals surface area contributed by atoms with Gasteiger partial charge in [-0.25, -0.2) is 0 Å². The average molecular weight is 312 g/mol. The van der Waals surface area contributed by atoms with Crippen LogP contribution in [0.2, 0.25) is 0 Å². The summed E-state index contributed by atoms with van der Waals surface area (Å²) in [6.07, 6.45) is 14.6. The molecule has 0 amide bonds. The van der Waals surface area contributed by atoms with Crippen LogP contribution in [0.15, 0.2) is 24.3 Å². The Morgan fingerprint density at radius 3 is 2.36 bits per heavy atom. The lowest BCUT2D eigenvalue weighted by molar-refractivity contribution is -0.137. The van der Waals surface area contributed by atoms with Crippen LogP contribution in [0.3, 0.4) is 0 Å². The van der Waals surface area contributed by atoms with Gasteiger partial charge in [0.1, 0.15) is 0 Å². The zero-order valence-corrected chi connectivity index (χ0v) is 13.8. The highest BCUT2D eigenvalue weighted by Gasteiger charge is 2.01. The fourth-order valence-electron chi connectivity index (χ4n) is 2.13. The van der Waals surface area contributed by atoms with Crippen LogP contribution in [0.5, 0.6) is 0 Å². The van der Waals surface area contributed by atoms with Gasteiger partial charge in [0.25, 0.3) is 0 Å². The molecule has 0 fully saturated rings. The molecule has 0 aromatic carbocycles. The molecule has 2 atom stereocenters. The van der Waals surface area contributed by atoms with Gasteiger partial charge in [0.2, 0.25) is 0 Å². The molecule has 0 saturated heterocycles. The van der Waals surface area contributed by atoms with Gasteiger partial charge < -0.3 is 15.3 Å². The lowest BCUT2D eigenvalue weighted by atomic mass is 10.1. The first-order valence-electron chi connectivity index (χ1n) is 8.49. The Hall–Kier alpha value is -1.13. The zero-order valence-electron chi connectivity index (χ0n) is 13.8. The van der Waals surface area contributed by atoms with E-state index in [9.17, 15) is 15.0 Å². The molecule has 4 nitrogen and oxygen atoms in total. The van der Waals surface area contributed by atoms with Crippen molar-refractivity contribution in [1.82, 2.24) is 0 Å². The Labute approximate surface area is 134 Å². The maximum absolute atomic E-state index is 10.3. The molecular formula is C18H32O4. The number of carboxylic acid groups (broad SMARTS) is 1. The molecule has 3 N–H and O–H groups in total. The molecule has 22 heavy (non-hydrogen) atoms. The van der Waals surface area contributed by atoms with E-state index < -0.39 is 18.2 Å². The summed E-state index contributed by atoms with van der Waals surface area (Å²) in [7, 11) is 0. The number of aliphatic hydroxyl groups excluding tert-OH is 2. The Kier molecular flexibility index (Phi) is 14.0. The summed E-state index contributed by atoms with van der Waals surface area (Å²) >= 11 is 0. The monoisotopic (exact) mass is 312 g/mol. The second kappa shape index (κ2) is 14.8. The van der Waals surface area contributed by atoms with Crippen LogP contribution in [0.4, 0.5) is 0 Å². The lowest BCUT2D eigenvalue weighted by Gasteiger charge is -2.06. The van der Waals surface area contributed by atoms with Crippen molar-refractivity contribution < 1.29 is 20.1 Å². The molecule has 0 unspecified atom stereocenters. The molecule has 0 rings (SSSR count). The minimum absolute atomic E-state index is 0.221. The van der Waals surface area contributed by atoms with Crippen molar-refractivity contribution in [2.75, 3.05) is 0 Å². The highest BCUT2D eigenvalue weighted by Crippen LogP contribution is 2.09. The Bertz CT molecular complexity index is 323. The minimum atomic E-state index is -0.750. The van der Waals surface area contributed by atoms with Crippen molar-refractivity contribution in [1.29, 1.82) is 0 Å². The normalized spacial score (nSPS) is 14.7. The number of carbonyl (C=O) groups is 1. The van der Waals surface area contributed by atoms with Gasteiger partial charge in [-0.15, -0.1) is 0 Å². The van der Waals surface area contributed by atoms with Crippen molar-refractivity contribution in [3.63, 3.8) is 0 Å². The van der Waals surface area contributed by atoms with E-state index in [1.807, 2.05) is 6.08 Å². The number of hydrogen-bond acceptors (Lipinski definition) is 3. The number of hydrogen-bond donors (Lipinski definition) is 3. The van der Waals surface area contributed by atoms with Crippen LogP contribution in [-0.2, 0) is 4.79 Å². The second-order valence-electron chi connectivity index (χ2n) is 5.71. The number of allylic oxidation sites excluding steroid dienone is 1. The third kappa shape index (κ3) is 15.3. The molecular weight excluding hydrogens is 280 g/mol. The van der Waals surface area contributed by atoms with E-state index in [0.717, 1.165) is 32.1 Å². The summed E-state index contributed by atoms with van der Waals surface area (Å²) in [5.74, 6) is -0.750. The Morgan fingerprint density at radius 1 is 0.955 bits per heavy atom. The molecule has 0 aliphatic carbocycles. The van der Waals surface area contributed by atoms with Gasteiger partial charge in [0.15, 0.2) is 0 Å². The molecule has 0 spiro atoms. The number of carboxylic acids is 1. The van der Waals surface area contributed by atoms with Crippen molar-refractivity contribution in [2.45, 2.75) is 83.3 Å². The fourth-order valence-corrected chi connectivity index (χ4v) is 2.13. The van der Waals surface area contributed by atoms with Crippen LogP contribution < -0.4 is 0 Å². The number of aliphatic hydroxyl groups is 2. The molecule has 0 aromatic heterocycles. The smallest absolute Gasteiger partial charge is 0.303 e. The number of unbranched alkanes of at least 4 members (excludes halogenated alkanes) is 6. The molecule has 128 valence electrons. The molecule has 0 saturated carbocycles. The highest BCUT2D eigenvalue weighted by molar-refractivity contribution is 5.66. The quantitative estimate of drug-likeness (QED) is 0.336. The average Bonchev–Trinajstić information content (AvgIpc) is 2.48. The van der Waals surface area contributed by atoms with E-state index in [1.165, 1.54) is 12.8 Å². The summed E-state index contributed by atoms with van der Waals surface area (Å²) in [5.41, 5.74) is 0. The summed E-state index contributed by atoms with van der Waals surface area (Å²) in [5, 5.41) is 28.0. The maximum Gasteiger partial charge on any atom is 0.303 e. The molecule has 0 aromatic rings. The molecule has 0 aliphatic rings. The first-order valence-corrected chi connectivity index (χ1v) is 8.49. The summed E-state index contributed by atoms with van der Waals surface area (Å²) < 4.78 is 0. The van der Waals surface area contributed by atoms with Gasteiger partial charge in [-0.2, -0.15) is 0 Å². The number of aliphatic carboxylic acids is 1. The van der Waals surface area contributed by atoms with E-state index in [4.69, 9.17) is 5.11 Å². The van der Waals surface area contributed by atoms with Crippen LogP contribution in [0.1, 0.15) is 71.1 Å². The summed E-state index contributed by atoms with van der Waals surface area (Å²) in [6.45, 7) is 2.16. The van der Waals surface area contributed by atoms with Crippen molar-refractivity contribution in [3.05, 3.63) is 24.3 Å². The fraction of sp³-hybridized carbons (Fsp3) is 0.722. The van der Waals surface area contributed by atoms with Gasteiger partial charge in [0.05, 0.1) is 12.2 Å². The number of rotatable bonds is 14. The van der Waals surface area contributed by atoms with Crippen LogP contribution in [0, 0.1) is 0 Å². The van der Waals surface area contributed by atoms with Gasteiger partial charge >= 0.3 is 5.97 Å². The summed E-state index contributed by atoms with van der Waals surface area (Å²) in [4.78, 5) is 10.3. The van der Waals surface area contributed by atoms with E-state index in [0.29, 0.717) is 12.8 Å². The Morgan fingerprint density at radius 2 is 1.68 bits per heavy atom. The highest BCUT2D eigenvalue weighted by atomic mass is 16.4. The van der Waals surface area contributed by atoms with E-state index >= 15 is 0 Å². The lowest BCUT2D eigenvalue weighted by Crippen LogP contribution is -2.05. The molecule has 4 heteroatoms. The van der Waals surface area contributed by atoms with Gasteiger partial charge in [-0.1, -0.05) is 63.3 Å². The maximum atomic E-state index is 10.3. The van der Waals surface area contributed by atoms with Crippen LogP contribution >= 0.6 is 0 Å². The Balaban J connectivity index is 3.63. The van der Waals surface area contributed by atoms with E-state index in [2.05, 4.69) is 6.92 Å². The topological polar surface area (TPSA) is 77.8 Å². The predicted molar refractivity (Wildman–Crippen MR) is 89.8 cm³/mol. The molecule has 0 heterocycles. The largest absolute Gasteiger partial charge is 0.481 e. The van der Waals surface area contributed by atoms with Crippen molar-refractivity contribution in [2.24, 2.45) is 0 Å². The van der Waals surface area contributed by atoms with E-state index in [-0.39, 0.29) is 6.42 Å². The SMILES string of the molecule is CCCCC/C=C/[C@H](O)/C=C/[C@H](O)CCCCCCC(=O)O. The molecule has 0 radical (unpaired) electrons. The van der Waals surface area contributed by atoms with Crippen molar-refractivity contribution in [3.8, 4) is 0 Å². The van der Waals surface area contributed by atoms with E-state index in [1.54, 1.807) is 18.2 Å². The third-order valence-corrected chi connectivity index (χ3v) is 3.48. The van der Waals surface area contributed by atoms with Gasteiger partial charge in [-0.3, -0.25) is 4.79 Å². The third-order valence-electron chi connectivity index (χ3n) is 3.48. The zero-order chi connectivity index (χ0) is 16.6. The molecule has 0 aliphatic heterocycles. The van der Waals surface area contributed by atoms with Gasteiger partial charge in [-0.05, 0) is 25.7 Å². The minimum Gasteiger partial charge on any atom is -0.481 e. The second-order valence-corrected chi connectivity index (χ2v) is 5.71. The van der Waals surface area contributed by atoms with Crippen LogP contribution in [-0.4, -0.2) is 33.5 Å². The van der Waals surface area contributed by atoms with Crippen molar-refractivity contribution >= 4 is 5.97 Å². The van der Waals surface area contributed by atoms with Crippen LogP contribution in [0.25, 0.3) is 0 Å². The standard InChI is InChI=1S/C18H32O4/c1-2-3-4-5-8-11-16(19)14-15-17(20)12-9-6-7-10-13-18(21)22/h8,11,14-17,19-20H,2-7,9-10,12-13H2,1H3,(H,21,22)/b11-8+,15-14+/t16-,17+/m0/s1. The first kappa shape index (κ1) is 20.9. The predicted octanol–water partition coefficient (Wildman–Crippen LogP) is 3.83.